The molecular formula is C18H22N2O2. The number of benzene rings is 1. The number of aliphatic imine (C=N–C) groups is 1. The molecule has 4 rings (SSSR count). The first-order chi connectivity index (χ1) is 10.7. The van der Waals surface area contributed by atoms with Crippen LogP contribution in [0.25, 0.3) is 0 Å². The van der Waals surface area contributed by atoms with Gasteiger partial charge in [-0.15, -0.1) is 0 Å². The van der Waals surface area contributed by atoms with E-state index < -0.39 is 0 Å². The number of rotatable bonds is 1. The highest BCUT2D eigenvalue weighted by molar-refractivity contribution is 6.04. The molecule has 0 N–H and O–H groups in total. The van der Waals surface area contributed by atoms with Crippen molar-refractivity contribution in [2.45, 2.75) is 38.0 Å². The molecule has 1 saturated heterocycles. The van der Waals surface area contributed by atoms with Crippen LogP contribution in [0.15, 0.2) is 23.2 Å². The summed E-state index contributed by atoms with van der Waals surface area (Å²) in [4.78, 5) is 18.8. The number of hydrogen-bond donors (Lipinski definition) is 0. The summed E-state index contributed by atoms with van der Waals surface area (Å²) < 4.78 is 5.53. The van der Waals surface area contributed by atoms with E-state index in [0.29, 0.717) is 5.92 Å². The summed E-state index contributed by atoms with van der Waals surface area (Å²) in [5, 5.41) is 0. The van der Waals surface area contributed by atoms with E-state index in [1.165, 1.54) is 24.1 Å². The zero-order chi connectivity index (χ0) is 15.3. The number of amides is 1. The highest BCUT2D eigenvalue weighted by atomic mass is 16.5. The van der Waals surface area contributed by atoms with Gasteiger partial charge in [-0.25, -0.2) is 0 Å². The molecule has 1 aromatic rings. The van der Waals surface area contributed by atoms with Gasteiger partial charge in [0.05, 0.1) is 7.11 Å². The van der Waals surface area contributed by atoms with Crippen LogP contribution in [0, 0.1) is 5.92 Å². The van der Waals surface area contributed by atoms with Crippen LogP contribution in [0.5, 0.6) is 5.75 Å². The summed E-state index contributed by atoms with van der Waals surface area (Å²) in [6, 6.07) is 6.29. The van der Waals surface area contributed by atoms with E-state index in [1.54, 1.807) is 14.0 Å². The summed E-state index contributed by atoms with van der Waals surface area (Å²) >= 11 is 0. The first kappa shape index (κ1) is 13.8. The zero-order valence-corrected chi connectivity index (χ0v) is 13.3. The second kappa shape index (κ2) is 4.83. The number of para-hydroxylation sites is 1. The highest BCUT2D eigenvalue weighted by Crippen LogP contribution is 2.56. The molecule has 1 aromatic carbocycles. The predicted molar refractivity (Wildman–Crippen MR) is 86.0 cm³/mol. The number of nitrogens with zero attached hydrogens (tertiary/aromatic N) is 2. The SMILES string of the molecule is COc1cccc2c1N=C1CCC[C@H]3CN(C(C)=O)CC[C@@]123. The Morgan fingerprint density at radius 1 is 1.45 bits per heavy atom. The van der Waals surface area contributed by atoms with Crippen LogP contribution in [-0.2, 0) is 10.2 Å². The van der Waals surface area contributed by atoms with Crippen LogP contribution in [0.4, 0.5) is 5.69 Å². The lowest BCUT2D eigenvalue weighted by atomic mass is 9.59. The minimum absolute atomic E-state index is 0.0497. The summed E-state index contributed by atoms with van der Waals surface area (Å²) in [6.07, 6.45) is 4.43. The van der Waals surface area contributed by atoms with Gasteiger partial charge >= 0.3 is 0 Å². The molecule has 1 saturated carbocycles. The molecule has 0 unspecified atom stereocenters. The lowest BCUT2D eigenvalue weighted by molar-refractivity contribution is -0.131. The Bertz CT molecular complexity index is 667. The van der Waals surface area contributed by atoms with Crippen LogP contribution in [-0.4, -0.2) is 36.7 Å². The molecule has 3 aliphatic rings. The predicted octanol–water partition coefficient (Wildman–Crippen LogP) is 3.07. The Balaban J connectivity index is 1.82. The molecule has 0 bridgehead atoms. The van der Waals surface area contributed by atoms with Crippen LogP contribution in [0.3, 0.4) is 0 Å². The van der Waals surface area contributed by atoms with Crippen molar-refractivity contribution in [3.63, 3.8) is 0 Å². The topological polar surface area (TPSA) is 41.9 Å². The average molecular weight is 298 g/mol. The fraction of sp³-hybridized carbons (Fsp3) is 0.556. The molecule has 22 heavy (non-hydrogen) atoms. The van der Waals surface area contributed by atoms with Crippen molar-refractivity contribution < 1.29 is 9.53 Å². The number of carbonyl (C=O) groups is 1. The van der Waals surface area contributed by atoms with E-state index in [0.717, 1.165) is 37.4 Å². The number of piperidine rings is 1. The Morgan fingerprint density at radius 2 is 2.32 bits per heavy atom. The molecule has 116 valence electrons. The molecular weight excluding hydrogens is 276 g/mol. The van der Waals surface area contributed by atoms with Crippen molar-refractivity contribution in [1.29, 1.82) is 0 Å². The van der Waals surface area contributed by atoms with Gasteiger partial charge in [-0.3, -0.25) is 9.79 Å². The van der Waals surface area contributed by atoms with Crippen LogP contribution in [0.1, 0.15) is 38.2 Å². The molecule has 2 aliphatic heterocycles. The van der Waals surface area contributed by atoms with E-state index in [-0.39, 0.29) is 11.3 Å². The highest BCUT2D eigenvalue weighted by Gasteiger charge is 2.53. The minimum Gasteiger partial charge on any atom is -0.494 e. The summed E-state index contributed by atoms with van der Waals surface area (Å²) in [5.41, 5.74) is 3.73. The standard InChI is InChI=1S/C18H22N2O2/c1-12(21)20-10-9-18-13(11-20)5-3-8-16(18)19-17-14(18)6-4-7-15(17)22-2/h4,6-7,13H,3,5,8-11H2,1-2H3/t13-,18-/m0/s1. The lowest BCUT2D eigenvalue weighted by Crippen LogP contribution is -2.55. The van der Waals surface area contributed by atoms with Crippen molar-refractivity contribution in [3.05, 3.63) is 23.8 Å². The maximum Gasteiger partial charge on any atom is 0.219 e. The third-order valence-corrected chi connectivity index (χ3v) is 5.79. The molecule has 1 amide bonds. The number of carbonyl (C=O) groups excluding carboxylic acids is 1. The van der Waals surface area contributed by atoms with E-state index >= 15 is 0 Å². The van der Waals surface area contributed by atoms with Crippen LogP contribution >= 0.6 is 0 Å². The molecule has 4 heteroatoms. The smallest absolute Gasteiger partial charge is 0.219 e. The van der Waals surface area contributed by atoms with Gasteiger partial charge < -0.3 is 9.64 Å². The molecule has 1 aliphatic carbocycles. The normalized spacial score (nSPS) is 29.3. The van der Waals surface area contributed by atoms with Crippen molar-refractivity contribution in [2.24, 2.45) is 10.9 Å². The van der Waals surface area contributed by atoms with Gasteiger partial charge in [-0.05, 0) is 43.2 Å². The van der Waals surface area contributed by atoms with Gasteiger partial charge in [0.1, 0.15) is 11.4 Å². The number of methoxy groups -OCH3 is 1. The minimum atomic E-state index is 0.0497. The second-order valence-corrected chi connectivity index (χ2v) is 6.69. The number of fused-ring (bicyclic) bond motifs is 1. The first-order valence-corrected chi connectivity index (χ1v) is 8.18. The number of likely N-dealkylation sites (tertiary alicyclic amines) is 1. The fourth-order valence-electron chi connectivity index (χ4n) is 4.73. The summed E-state index contributed by atoms with van der Waals surface area (Å²) in [7, 11) is 1.71. The Labute approximate surface area is 131 Å². The maximum absolute atomic E-state index is 11.8. The van der Waals surface area contributed by atoms with Gasteiger partial charge in [0.25, 0.3) is 0 Å². The third-order valence-electron chi connectivity index (χ3n) is 5.79. The van der Waals surface area contributed by atoms with Crippen molar-refractivity contribution in [3.8, 4) is 5.75 Å². The molecule has 2 heterocycles. The summed E-state index contributed by atoms with van der Waals surface area (Å²) in [5.74, 6) is 1.57. The van der Waals surface area contributed by atoms with Gasteiger partial charge in [-0.1, -0.05) is 12.1 Å². The average Bonchev–Trinajstić information content (AvgIpc) is 2.87. The van der Waals surface area contributed by atoms with Gasteiger partial charge in [0, 0.05) is 31.1 Å². The van der Waals surface area contributed by atoms with Gasteiger partial charge in [0.15, 0.2) is 0 Å². The molecule has 2 fully saturated rings. The quantitative estimate of drug-likeness (QED) is 0.799. The molecule has 4 nitrogen and oxygen atoms in total. The van der Waals surface area contributed by atoms with Crippen molar-refractivity contribution >= 4 is 17.3 Å². The van der Waals surface area contributed by atoms with E-state index in [1.807, 2.05) is 11.0 Å². The summed E-state index contributed by atoms with van der Waals surface area (Å²) in [6.45, 7) is 3.38. The van der Waals surface area contributed by atoms with Crippen molar-refractivity contribution in [1.82, 2.24) is 4.90 Å². The Hall–Kier alpha value is -1.84. The zero-order valence-electron chi connectivity index (χ0n) is 13.3. The lowest BCUT2D eigenvalue weighted by Gasteiger charge is -2.49. The Morgan fingerprint density at radius 3 is 3.09 bits per heavy atom. The van der Waals surface area contributed by atoms with E-state index in [9.17, 15) is 4.79 Å². The fourth-order valence-corrected chi connectivity index (χ4v) is 4.73. The Kier molecular flexibility index (Phi) is 3.03. The van der Waals surface area contributed by atoms with Crippen LogP contribution < -0.4 is 4.74 Å². The number of ether oxygens (including phenoxy) is 1. The number of hydrogen-bond acceptors (Lipinski definition) is 3. The molecule has 0 radical (unpaired) electrons. The largest absolute Gasteiger partial charge is 0.494 e. The molecule has 2 atom stereocenters. The van der Waals surface area contributed by atoms with E-state index in [4.69, 9.17) is 9.73 Å². The van der Waals surface area contributed by atoms with Gasteiger partial charge in [0.2, 0.25) is 5.91 Å². The first-order valence-electron chi connectivity index (χ1n) is 8.18. The third kappa shape index (κ3) is 1.70. The molecule has 0 aromatic heterocycles. The van der Waals surface area contributed by atoms with E-state index in [2.05, 4.69) is 12.1 Å². The van der Waals surface area contributed by atoms with Crippen molar-refractivity contribution in [2.75, 3.05) is 20.2 Å². The van der Waals surface area contributed by atoms with Crippen LogP contribution in [0.2, 0.25) is 0 Å². The van der Waals surface area contributed by atoms with Gasteiger partial charge in [-0.2, -0.15) is 0 Å². The molecule has 1 spiro atoms. The monoisotopic (exact) mass is 298 g/mol. The maximum atomic E-state index is 11.8. The second-order valence-electron chi connectivity index (χ2n) is 6.69.